The second-order valence-electron chi connectivity index (χ2n) is 9.71. The number of ether oxygens (including phenoxy) is 1. The first kappa shape index (κ1) is 27.2. The summed E-state index contributed by atoms with van der Waals surface area (Å²) in [5.41, 5.74) is 5.20. The number of amides is 1. The van der Waals surface area contributed by atoms with Gasteiger partial charge in [-0.2, -0.15) is 0 Å². The molecule has 0 atom stereocenters. The minimum Gasteiger partial charge on any atom is -0.493 e. The van der Waals surface area contributed by atoms with E-state index in [0.717, 1.165) is 79.7 Å². The zero-order valence-corrected chi connectivity index (χ0v) is 22.5. The molecule has 3 aromatic carbocycles. The Morgan fingerprint density at radius 2 is 1.74 bits per heavy atom. The number of nitrogens with zero attached hydrogens (tertiary/aromatic N) is 2. The van der Waals surface area contributed by atoms with Crippen LogP contribution in [0.2, 0.25) is 0 Å². The molecule has 0 saturated heterocycles. The Kier molecular flexibility index (Phi) is 10.1. The monoisotopic (exact) mass is 509 g/mol. The molecule has 38 heavy (non-hydrogen) atoms. The second kappa shape index (κ2) is 14.2. The molecule has 1 N–H and O–H groups in total. The molecule has 0 aliphatic rings. The van der Waals surface area contributed by atoms with Crippen LogP contribution in [-0.4, -0.2) is 28.6 Å². The van der Waals surface area contributed by atoms with E-state index < -0.39 is 0 Å². The molecule has 0 fully saturated rings. The van der Waals surface area contributed by atoms with Crippen LogP contribution in [0, 0.1) is 6.92 Å². The summed E-state index contributed by atoms with van der Waals surface area (Å²) in [6, 6.07) is 24.3. The number of carbonyl (C=O) groups excluding carboxylic acids is 1. The third-order valence-corrected chi connectivity index (χ3v) is 6.86. The highest BCUT2D eigenvalue weighted by molar-refractivity contribution is 5.95. The van der Waals surface area contributed by atoms with Crippen LogP contribution in [0.25, 0.3) is 11.0 Å². The largest absolute Gasteiger partial charge is 0.493 e. The number of hydrogen-bond acceptors (Lipinski definition) is 3. The third-order valence-electron chi connectivity index (χ3n) is 6.86. The zero-order chi connectivity index (χ0) is 26.6. The van der Waals surface area contributed by atoms with Crippen molar-refractivity contribution in [2.75, 3.05) is 13.2 Å². The molecule has 5 heteroatoms. The molecular formula is C33H39N3O2. The highest BCUT2D eigenvalue weighted by Gasteiger charge is 2.11. The Morgan fingerprint density at radius 1 is 0.947 bits per heavy atom. The van der Waals surface area contributed by atoms with E-state index in [2.05, 4.69) is 46.8 Å². The molecule has 0 spiro atoms. The number of benzene rings is 3. The average Bonchev–Trinajstić information content (AvgIpc) is 3.29. The predicted molar refractivity (Wildman–Crippen MR) is 156 cm³/mol. The van der Waals surface area contributed by atoms with Crippen molar-refractivity contribution in [1.82, 2.24) is 14.9 Å². The third kappa shape index (κ3) is 7.34. The fourth-order valence-corrected chi connectivity index (χ4v) is 4.80. The predicted octanol–water partition coefficient (Wildman–Crippen LogP) is 7.08. The van der Waals surface area contributed by atoms with Gasteiger partial charge in [-0.05, 0) is 74.4 Å². The summed E-state index contributed by atoms with van der Waals surface area (Å²) >= 11 is 0. The van der Waals surface area contributed by atoms with E-state index in [9.17, 15) is 4.79 Å². The molecule has 0 bridgehead atoms. The van der Waals surface area contributed by atoms with Crippen LogP contribution < -0.4 is 10.1 Å². The average molecular weight is 510 g/mol. The fraction of sp³-hybridized carbons (Fsp3) is 0.333. The molecule has 5 nitrogen and oxygen atoms in total. The maximum Gasteiger partial charge on any atom is 0.251 e. The molecule has 4 aromatic rings. The lowest BCUT2D eigenvalue weighted by Gasteiger charge is -2.12. The standard InChI is InChI=1S/C33H39N3O2/c1-3-15-27-17-7-11-21-31(27)38-25-14-13-24-36-30-20-10-9-19-29(30)35-32(36)22-5-4-12-23-34-33(37)28-18-8-6-16-26(28)2/h3,6-11,16-21H,1,4-5,12-15,22-25H2,2H3,(H,34,37). The molecule has 1 amide bonds. The number of fused-ring (bicyclic) bond motifs is 1. The first-order valence-corrected chi connectivity index (χ1v) is 13.8. The maximum absolute atomic E-state index is 12.4. The number of carbonyl (C=O) groups is 1. The van der Waals surface area contributed by atoms with Crippen LogP contribution in [0.3, 0.4) is 0 Å². The molecule has 198 valence electrons. The number of rotatable bonds is 15. The summed E-state index contributed by atoms with van der Waals surface area (Å²) in [5, 5.41) is 3.06. The van der Waals surface area contributed by atoms with Crippen LogP contribution in [0.15, 0.2) is 85.5 Å². The van der Waals surface area contributed by atoms with E-state index in [0.29, 0.717) is 13.2 Å². The van der Waals surface area contributed by atoms with Gasteiger partial charge in [-0.15, -0.1) is 6.58 Å². The van der Waals surface area contributed by atoms with E-state index in [1.807, 2.05) is 55.5 Å². The highest BCUT2D eigenvalue weighted by atomic mass is 16.5. The van der Waals surface area contributed by atoms with Crippen molar-refractivity contribution in [3.8, 4) is 5.75 Å². The van der Waals surface area contributed by atoms with Gasteiger partial charge in [0, 0.05) is 25.1 Å². The zero-order valence-electron chi connectivity index (χ0n) is 22.5. The number of allylic oxidation sites excluding steroid dienone is 1. The van der Waals surface area contributed by atoms with Gasteiger partial charge in [-0.1, -0.05) is 61.0 Å². The summed E-state index contributed by atoms with van der Waals surface area (Å²) in [5.74, 6) is 2.11. The maximum atomic E-state index is 12.4. The van der Waals surface area contributed by atoms with E-state index >= 15 is 0 Å². The fourth-order valence-electron chi connectivity index (χ4n) is 4.80. The van der Waals surface area contributed by atoms with Crippen LogP contribution >= 0.6 is 0 Å². The van der Waals surface area contributed by atoms with E-state index in [1.165, 1.54) is 11.1 Å². The minimum atomic E-state index is 0.0121. The summed E-state index contributed by atoms with van der Waals surface area (Å²) in [6.07, 6.45) is 8.74. The van der Waals surface area contributed by atoms with Gasteiger partial charge < -0.3 is 14.6 Å². The number of aromatic nitrogens is 2. The Bertz CT molecular complexity index is 1340. The first-order valence-electron chi connectivity index (χ1n) is 13.8. The Labute approximate surface area is 226 Å². The molecule has 0 saturated carbocycles. The molecule has 1 aromatic heterocycles. The van der Waals surface area contributed by atoms with Crippen molar-refractivity contribution < 1.29 is 9.53 Å². The normalized spacial score (nSPS) is 11.0. The lowest BCUT2D eigenvalue weighted by molar-refractivity contribution is 0.0952. The summed E-state index contributed by atoms with van der Waals surface area (Å²) < 4.78 is 8.45. The number of para-hydroxylation sites is 3. The van der Waals surface area contributed by atoms with E-state index in [4.69, 9.17) is 9.72 Å². The lowest BCUT2D eigenvalue weighted by atomic mass is 10.1. The molecular weight excluding hydrogens is 470 g/mol. The van der Waals surface area contributed by atoms with Gasteiger partial charge in [0.2, 0.25) is 0 Å². The second-order valence-corrected chi connectivity index (χ2v) is 9.71. The smallest absolute Gasteiger partial charge is 0.251 e. The van der Waals surface area contributed by atoms with Crippen molar-refractivity contribution >= 4 is 16.9 Å². The van der Waals surface area contributed by atoms with Gasteiger partial charge in [-0.3, -0.25) is 4.79 Å². The van der Waals surface area contributed by atoms with Crippen molar-refractivity contribution in [3.05, 3.63) is 108 Å². The van der Waals surface area contributed by atoms with Crippen LogP contribution in [0.1, 0.15) is 59.4 Å². The van der Waals surface area contributed by atoms with Gasteiger partial charge in [0.05, 0.1) is 17.6 Å². The van der Waals surface area contributed by atoms with Crippen molar-refractivity contribution in [2.24, 2.45) is 0 Å². The Balaban J connectivity index is 1.23. The van der Waals surface area contributed by atoms with Crippen LogP contribution in [0.5, 0.6) is 5.75 Å². The highest BCUT2D eigenvalue weighted by Crippen LogP contribution is 2.21. The number of hydrogen-bond donors (Lipinski definition) is 1. The molecule has 0 aliphatic heterocycles. The summed E-state index contributed by atoms with van der Waals surface area (Å²) in [4.78, 5) is 17.3. The van der Waals surface area contributed by atoms with Gasteiger partial charge >= 0.3 is 0 Å². The van der Waals surface area contributed by atoms with Crippen LogP contribution in [0.4, 0.5) is 0 Å². The van der Waals surface area contributed by atoms with Gasteiger partial charge in [-0.25, -0.2) is 4.98 Å². The molecule has 1 heterocycles. The Morgan fingerprint density at radius 3 is 2.61 bits per heavy atom. The van der Waals surface area contributed by atoms with Gasteiger partial charge in [0.15, 0.2) is 0 Å². The molecule has 0 unspecified atom stereocenters. The molecule has 0 aliphatic carbocycles. The van der Waals surface area contributed by atoms with Crippen LogP contribution in [-0.2, 0) is 19.4 Å². The number of aryl methyl sites for hydroxylation is 3. The first-order chi connectivity index (χ1) is 18.7. The summed E-state index contributed by atoms with van der Waals surface area (Å²) in [6.45, 7) is 8.14. The van der Waals surface area contributed by atoms with E-state index in [1.54, 1.807) is 0 Å². The van der Waals surface area contributed by atoms with Gasteiger partial charge in [0.25, 0.3) is 5.91 Å². The van der Waals surface area contributed by atoms with E-state index in [-0.39, 0.29) is 5.91 Å². The van der Waals surface area contributed by atoms with Gasteiger partial charge in [0.1, 0.15) is 11.6 Å². The number of imidazole rings is 1. The number of unbranched alkanes of at least 4 members (excludes halogenated alkanes) is 3. The quantitative estimate of drug-likeness (QED) is 0.138. The number of nitrogens with one attached hydrogen (secondary N) is 1. The van der Waals surface area contributed by atoms with Crippen molar-refractivity contribution in [3.63, 3.8) is 0 Å². The minimum absolute atomic E-state index is 0.0121. The molecule has 0 radical (unpaired) electrons. The summed E-state index contributed by atoms with van der Waals surface area (Å²) in [7, 11) is 0. The van der Waals surface area contributed by atoms with Crippen molar-refractivity contribution in [1.29, 1.82) is 0 Å². The SMILES string of the molecule is C=CCc1ccccc1OCCCCn1c(CCCCCNC(=O)c2ccccc2C)nc2ccccc21. The lowest BCUT2D eigenvalue weighted by Crippen LogP contribution is -2.25. The van der Waals surface area contributed by atoms with Crippen molar-refractivity contribution in [2.45, 2.75) is 58.4 Å². The topological polar surface area (TPSA) is 56.1 Å². The Hall–Kier alpha value is -3.86. The molecule has 4 rings (SSSR count).